The van der Waals surface area contributed by atoms with Gasteiger partial charge >= 0.3 is 0 Å². The maximum absolute atomic E-state index is 14.0. The predicted molar refractivity (Wildman–Crippen MR) is 119 cm³/mol. The molecule has 1 aromatic heterocycles. The average Bonchev–Trinajstić information content (AvgIpc) is 3.18. The van der Waals surface area contributed by atoms with Crippen molar-refractivity contribution in [3.05, 3.63) is 77.4 Å². The number of halogens is 2. The summed E-state index contributed by atoms with van der Waals surface area (Å²) in [7, 11) is 1.82. The summed E-state index contributed by atoms with van der Waals surface area (Å²) in [5.41, 5.74) is 5.41. The Hall–Kier alpha value is -3.62. The predicted octanol–water partition coefficient (Wildman–Crippen LogP) is 3.55. The topological polar surface area (TPSA) is 75.4 Å². The number of hydrogen-bond donors (Lipinski definition) is 1. The molecular weight excluding hydrogens is 414 g/mol. The highest BCUT2D eigenvalue weighted by molar-refractivity contribution is 6.12. The summed E-state index contributed by atoms with van der Waals surface area (Å²) < 4.78 is 27.6. The van der Waals surface area contributed by atoms with Gasteiger partial charge in [0, 0.05) is 30.9 Å². The van der Waals surface area contributed by atoms with Gasteiger partial charge in [0.15, 0.2) is 0 Å². The molecule has 168 valence electrons. The van der Waals surface area contributed by atoms with E-state index in [-0.39, 0.29) is 23.6 Å². The summed E-state index contributed by atoms with van der Waals surface area (Å²) in [6, 6.07) is 11.1. The van der Waals surface area contributed by atoms with Gasteiger partial charge < -0.3 is 4.90 Å². The first-order valence-electron chi connectivity index (χ1n) is 10.2. The molecular formula is C23H26F2N6O. The van der Waals surface area contributed by atoms with E-state index in [1.54, 1.807) is 22.9 Å². The Kier molecular flexibility index (Phi) is 7.29. The fourth-order valence-corrected chi connectivity index (χ4v) is 3.80. The smallest absolute Gasteiger partial charge is 0.227 e. The number of nitrogens with zero attached hydrogens (tertiary/aromatic N) is 5. The van der Waals surface area contributed by atoms with Gasteiger partial charge in [-0.2, -0.15) is 10.2 Å². The van der Waals surface area contributed by atoms with Gasteiger partial charge in [-0.1, -0.05) is 18.2 Å². The van der Waals surface area contributed by atoms with Crippen LogP contribution in [0.25, 0.3) is 0 Å². The molecule has 0 saturated carbocycles. The number of aromatic nitrogens is 3. The van der Waals surface area contributed by atoms with Crippen molar-refractivity contribution in [2.24, 2.45) is 12.1 Å². The second-order valence-corrected chi connectivity index (χ2v) is 7.70. The zero-order valence-corrected chi connectivity index (χ0v) is 18.5. The summed E-state index contributed by atoms with van der Waals surface area (Å²) in [6.45, 7) is 6.53. The molecule has 3 aromatic rings. The average molecular weight is 440 g/mol. The molecule has 0 saturated heterocycles. The molecule has 0 spiro atoms. The SMILES string of the molecule is Cc1cc(F)cc2c1/C(=N\NC=O)C(c1ncnn1C)CN2C(C)C.Fc1ccccc1. The minimum Gasteiger partial charge on any atom is -0.367 e. The Bertz CT molecular complexity index is 1100. The van der Waals surface area contributed by atoms with Gasteiger partial charge in [0.25, 0.3) is 0 Å². The molecule has 1 aliphatic heterocycles. The lowest BCUT2D eigenvalue weighted by molar-refractivity contribution is -0.109. The van der Waals surface area contributed by atoms with Crippen molar-refractivity contribution in [2.45, 2.75) is 32.7 Å². The highest BCUT2D eigenvalue weighted by atomic mass is 19.1. The third kappa shape index (κ3) is 4.99. The molecule has 0 radical (unpaired) electrons. The van der Waals surface area contributed by atoms with Gasteiger partial charge in [0.05, 0.1) is 11.6 Å². The largest absolute Gasteiger partial charge is 0.367 e. The first-order valence-corrected chi connectivity index (χ1v) is 10.2. The summed E-state index contributed by atoms with van der Waals surface area (Å²) in [6.07, 6.45) is 2.01. The lowest BCUT2D eigenvalue weighted by Gasteiger charge is -2.39. The van der Waals surface area contributed by atoms with Crippen LogP contribution in [0.1, 0.15) is 36.7 Å². The van der Waals surface area contributed by atoms with E-state index in [4.69, 9.17) is 0 Å². The maximum Gasteiger partial charge on any atom is 0.227 e. The van der Waals surface area contributed by atoms with Gasteiger partial charge in [-0.15, -0.1) is 0 Å². The minimum absolute atomic E-state index is 0.163. The number of hydrogen-bond acceptors (Lipinski definition) is 5. The van der Waals surface area contributed by atoms with Crippen molar-refractivity contribution in [3.63, 3.8) is 0 Å². The van der Waals surface area contributed by atoms with Crippen LogP contribution < -0.4 is 10.3 Å². The summed E-state index contributed by atoms with van der Waals surface area (Å²) in [5, 5.41) is 8.43. The van der Waals surface area contributed by atoms with E-state index >= 15 is 0 Å². The molecule has 1 N–H and O–H groups in total. The fourth-order valence-electron chi connectivity index (χ4n) is 3.80. The summed E-state index contributed by atoms with van der Waals surface area (Å²) >= 11 is 0. The Morgan fingerprint density at radius 2 is 1.91 bits per heavy atom. The maximum atomic E-state index is 14.0. The Morgan fingerprint density at radius 3 is 2.44 bits per heavy atom. The molecule has 9 heteroatoms. The highest BCUT2D eigenvalue weighted by Gasteiger charge is 2.36. The van der Waals surface area contributed by atoms with Crippen LogP contribution in [0.2, 0.25) is 0 Å². The van der Waals surface area contributed by atoms with Gasteiger partial charge in [0.2, 0.25) is 6.41 Å². The van der Waals surface area contributed by atoms with E-state index in [1.807, 2.05) is 14.0 Å². The second kappa shape index (κ2) is 10.1. The molecule has 2 aromatic carbocycles. The number of benzene rings is 2. The quantitative estimate of drug-likeness (QED) is 0.497. The fraction of sp³-hybridized carbons (Fsp3) is 0.304. The third-order valence-corrected chi connectivity index (χ3v) is 5.21. The minimum atomic E-state index is -0.290. The van der Waals surface area contributed by atoms with Crippen LogP contribution in [0, 0.1) is 18.6 Å². The molecule has 4 rings (SSSR count). The number of fused-ring (bicyclic) bond motifs is 1. The standard InChI is InChI=1S/C17H21FN6O.C6H5F/c1-10(2)24-7-13(17-19-8-21-23(17)4)16(22-20-9-25)15-11(3)5-12(18)6-14(15)24;7-6-4-2-1-3-5-6/h5-6,8-10,13H,7H2,1-4H3,(H,20,25);1-5H/b22-16-;. The Labute approximate surface area is 185 Å². The summed E-state index contributed by atoms with van der Waals surface area (Å²) in [5.74, 6) is 0.0784. The van der Waals surface area contributed by atoms with Crippen molar-refractivity contribution in [1.29, 1.82) is 0 Å². The first-order chi connectivity index (χ1) is 15.3. The van der Waals surface area contributed by atoms with E-state index in [0.29, 0.717) is 18.7 Å². The van der Waals surface area contributed by atoms with Crippen LogP contribution in [0.15, 0.2) is 53.9 Å². The first kappa shape index (κ1) is 23.1. The number of aryl methyl sites for hydroxylation is 2. The molecule has 1 unspecified atom stereocenters. The number of hydrazone groups is 1. The zero-order chi connectivity index (χ0) is 23.3. The third-order valence-electron chi connectivity index (χ3n) is 5.21. The highest BCUT2D eigenvalue weighted by Crippen LogP contribution is 2.37. The Morgan fingerprint density at radius 1 is 1.19 bits per heavy atom. The molecule has 7 nitrogen and oxygen atoms in total. The normalized spacial score (nSPS) is 16.4. The molecule has 1 atom stereocenters. The van der Waals surface area contributed by atoms with E-state index in [0.717, 1.165) is 22.6 Å². The van der Waals surface area contributed by atoms with E-state index in [1.165, 1.54) is 30.6 Å². The van der Waals surface area contributed by atoms with Crippen molar-refractivity contribution < 1.29 is 13.6 Å². The number of amides is 1. The van der Waals surface area contributed by atoms with Crippen LogP contribution >= 0.6 is 0 Å². The van der Waals surface area contributed by atoms with E-state index in [9.17, 15) is 13.6 Å². The van der Waals surface area contributed by atoms with Gasteiger partial charge in [-0.25, -0.2) is 19.2 Å². The lowest BCUT2D eigenvalue weighted by atomic mass is 9.86. The van der Waals surface area contributed by atoms with E-state index < -0.39 is 0 Å². The van der Waals surface area contributed by atoms with Crippen LogP contribution in [0.3, 0.4) is 0 Å². The monoisotopic (exact) mass is 440 g/mol. The van der Waals surface area contributed by atoms with Gasteiger partial charge in [-0.05, 0) is 50.6 Å². The Balaban J connectivity index is 0.000000352. The van der Waals surface area contributed by atoms with Crippen LogP contribution in [0.4, 0.5) is 14.5 Å². The van der Waals surface area contributed by atoms with Gasteiger partial charge in [0.1, 0.15) is 23.8 Å². The van der Waals surface area contributed by atoms with Crippen LogP contribution in [-0.2, 0) is 11.8 Å². The molecule has 32 heavy (non-hydrogen) atoms. The van der Waals surface area contributed by atoms with Crippen molar-refractivity contribution in [3.8, 4) is 0 Å². The summed E-state index contributed by atoms with van der Waals surface area (Å²) in [4.78, 5) is 17.3. The molecule has 0 bridgehead atoms. The molecule has 2 heterocycles. The van der Waals surface area contributed by atoms with Crippen molar-refractivity contribution >= 4 is 17.8 Å². The number of carbonyl (C=O) groups is 1. The number of nitrogens with one attached hydrogen (secondary N) is 1. The molecule has 1 aliphatic rings. The number of carbonyl (C=O) groups excluding carboxylic acids is 1. The van der Waals surface area contributed by atoms with Crippen molar-refractivity contribution in [2.75, 3.05) is 11.4 Å². The van der Waals surface area contributed by atoms with Crippen LogP contribution in [0.5, 0.6) is 0 Å². The second-order valence-electron chi connectivity index (χ2n) is 7.70. The van der Waals surface area contributed by atoms with E-state index in [2.05, 4.69) is 39.4 Å². The molecule has 0 fully saturated rings. The van der Waals surface area contributed by atoms with Gasteiger partial charge in [-0.3, -0.25) is 9.48 Å². The molecule has 1 amide bonds. The number of rotatable bonds is 4. The van der Waals surface area contributed by atoms with Crippen LogP contribution in [-0.4, -0.2) is 39.5 Å². The molecule has 0 aliphatic carbocycles. The lowest BCUT2D eigenvalue weighted by Crippen LogP contribution is -2.44. The zero-order valence-electron chi connectivity index (χ0n) is 18.5. The van der Waals surface area contributed by atoms with Crippen molar-refractivity contribution in [1.82, 2.24) is 20.2 Å². The number of anilines is 1.